The maximum absolute atomic E-state index is 11.9. The number of ether oxygens (including phenoxy) is 1. The van der Waals surface area contributed by atoms with Crippen LogP contribution in [0.1, 0.15) is 9.88 Å². The van der Waals surface area contributed by atoms with E-state index < -0.39 is 0 Å². The Labute approximate surface area is 182 Å². The molecule has 0 saturated carbocycles. The third kappa shape index (κ3) is 8.71. The van der Waals surface area contributed by atoms with E-state index >= 15 is 0 Å². The van der Waals surface area contributed by atoms with Gasteiger partial charge in [0.1, 0.15) is 0 Å². The van der Waals surface area contributed by atoms with Gasteiger partial charge in [0.15, 0.2) is 5.96 Å². The molecule has 1 aliphatic rings. The van der Waals surface area contributed by atoms with E-state index in [1.165, 1.54) is 4.88 Å². The smallest absolute Gasteiger partial charge is 0.234 e. The van der Waals surface area contributed by atoms with Crippen molar-refractivity contribution in [2.45, 2.75) is 13.3 Å². The van der Waals surface area contributed by atoms with Gasteiger partial charge in [0, 0.05) is 70.9 Å². The van der Waals surface area contributed by atoms with E-state index in [1.54, 1.807) is 18.4 Å². The van der Waals surface area contributed by atoms with E-state index in [-0.39, 0.29) is 29.9 Å². The average Bonchev–Trinajstić information content (AvgIpc) is 3.05. The molecule has 0 radical (unpaired) electrons. The number of carbonyl (C=O) groups is 1. The molecule has 2 rings (SSSR count). The van der Waals surface area contributed by atoms with Gasteiger partial charge in [-0.05, 0) is 6.92 Å². The van der Waals surface area contributed by atoms with Crippen molar-refractivity contribution in [3.63, 3.8) is 0 Å². The van der Waals surface area contributed by atoms with Crippen LogP contribution < -0.4 is 10.6 Å². The number of halogens is 1. The SMILES string of the molecule is CN=C(NCCc1ncc(C)s1)N1CCN(CC(=O)NCCOC)CC1.I. The summed E-state index contributed by atoms with van der Waals surface area (Å²) in [5, 5.41) is 7.43. The highest BCUT2D eigenvalue weighted by Crippen LogP contribution is 2.11. The fourth-order valence-electron chi connectivity index (χ4n) is 2.80. The number of aromatic nitrogens is 1. The second-order valence-electron chi connectivity index (χ2n) is 6.19. The van der Waals surface area contributed by atoms with Gasteiger partial charge in [-0.3, -0.25) is 14.7 Å². The first-order valence-electron chi connectivity index (χ1n) is 8.97. The number of nitrogens with zero attached hydrogens (tertiary/aromatic N) is 4. The number of hydrogen-bond donors (Lipinski definition) is 2. The topological polar surface area (TPSA) is 82.1 Å². The predicted molar refractivity (Wildman–Crippen MR) is 120 cm³/mol. The molecule has 0 bridgehead atoms. The van der Waals surface area contributed by atoms with Crippen LogP contribution in [0, 0.1) is 6.92 Å². The van der Waals surface area contributed by atoms with Crippen LogP contribution in [0.4, 0.5) is 0 Å². The number of aliphatic imine (C=N–C) groups is 1. The van der Waals surface area contributed by atoms with Gasteiger partial charge < -0.3 is 20.3 Å². The van der Waals surface area contributed by atoms with Crippen molar-refractivity contribution in [2.75, 3.05) is 66.6 Å². The lowest BCUT2D eigenvalue weighted by Crippen LogP contribution is -2.54. The van der Waals surface area contributed by atoms with Gasteiger partial charge in [0.05, 0.1) is 18.2 Å². The summed E-state index contributed by atoms with van der Waals surface area (Å²) in [7, 11) is 3.44. The zero-order valence-electron chi connectivity index (χ0n) is 16.4. The van der Waals surface area contributed by atoms with Crippen LogP contribution in [0.2, 0.25) is 0 Å². The van der Waals surface area contributed by atoms with Gasteiger partial charge in [0.25, 0.3) is 0 Å². The summed E-state index contributed by atoms with van der Waals surface area (Å²) >= 11 is 1.74. The zero-order valence-corrected chi connectivity index (χ0v) is 19.5. The minimum Gasteiger partial charge on any atom is -0.383 e. The summed E-state index contributed by atoms with van der Waals surface area (Å²) in [5.74, 6) is 0.972. The fourth-order valence-corrected chi connectivity index (χ4v) is 3.59. The first-order chi connectivity index (χ1) is 12.6. The molecule has 154 valence electrons. The highest BCUT2D eigenvalue weighted by molar-refractivity contribution is 14.0. The number of methoxy groups -OCH3 is 1. The molecular formula is C17H31IN6O2S. The van der Waals surface area contributed by atoms with Crippen LogP contribution in [0.25, 0.3) is 0 Å². The molecule has 1 amide bonds. The van der Waals surface area contributed by atoms with Crippen LogP contribution in [0.15, 0.2) is 11.2 Å². The monoisotopic (exact) mass is 510 g/mol. The Morgan fingerprint density at radius 3 is 2.63 bits per heavy atom. The third-order valence-electron chi connectivity index (χ3n) is 4.17. The molecule has 0 atom stereocenters. The molecule has 8 nitrogen and oxygen atoms in total. The Morgan fingerprint density at radius 1 is 1.30 bits per heavy atom. The Hall–Kier alpha value is -0.980. The number of nitrogens with one attached hydrogen (secondary N) is 2. The molecule has 1 aromatic heterocycles. The van der Waals surface area contributed by atoms with E-state index in [4.69, 9.17) is 4.74 Å². The zero-order chi connectivity index (χ0) is 18.8. The molecule has 1 aromatic rings. The average molecular weight is 510 g/mol. The molecular weight excluding hydrogens is 479 g/mol. The van der Waals surface area contributed by atoms with Crippen molar-refractivity contribution in [1.82, 2.24) is 25.4 Å². The molecule has 1 aliphatic heterocycles. The minimum absolute atomic E-state index is 0. The van der Waals surface area contributed by atoms with E-state index in [2.05, 4.69) is 37.3 Å². The van der Waals surface area contributed by atoms with E-state index in [1.807, 2.05) is 13.2 Å². The predicted octanol–water partition coefficient (Wildman–Crippen LogP) is 0.568. The summed E-state index contributed by atoms with van der Waals surface area (Å²) in [6.45, 7) is 7.86. The van der Waals surface area contributed by atoms with Crippen LogP contribution in [-0.2, 0) is 16.0 Å². The van der Waals surface area contributed by atoms with Crippen molar-refractivity contribution < 1.29 is 9.53 Å². The largest absolute Gasteiger partial charge is 0.383 e. The van der Waals surface area contributed by atoms with Gasteiger partial charge in [0.2, 0.25) is 5.91 Å². The third-order valence-corrected chi connectivity index (χ3v) is 5.14. The number of hydrogen-bond acceptors (Lipinski definition) is 6. The maximum Gasteiger partial charge on any atom is 0.234 e. The normalized spacial score (nSPS) is 15.4. The van der Waals surface area contributed by atoms with Gasteiger partial charge >= 0.3 is 0 Å². The Balaban J connectivity index is 0.00000364. The summed E-state index contributed by atoms with van der Waals surface area (Å²) in [6.07, 6.45) is 2.82. The maximum atomic E-state index is 11.9. The fraction of sp³-hybridized carbons (Fsp3) is 0.706. The molecule has 2 heterocycles. The minimum atomic E-state index is 0. The Morgan fingerprint density at radius 2 is 2.04 bits per heavy atom. The summed E-state index contributed by atoms with van der Waals surface area (Å²) < 4.78 is 4.94. The number of thiazole rings is 1. The van der Waals surface area contributed by atoms with Crippen LogP contribution in [0.5, 0.6) is 0 Å². The summed E-state index contributed by atoms with van der Waals surface area (Å²) in [4.78, 5) is 26.3. The number of rotatable bonds is 8. The summed E-state index contributed by atoms with van der Waals surface area (Å²) in [5.41, 5.74) is 0. The van der Waals surface area contributed by atoms with Crippen molar-refractivity contribution in [3.8, 4) is 0 Å². The molecule has 1 saturated heterocycles. The molecule has 1 fully saturated rings. The quantitative estimate of drug-likeness (QED) is 0.231. The van der Waals surface area contributed by atoms with Crippen LogP contribution >= 0.6 is 35.3 Å². The van der Waals surface area contributed by atoms with E-state index in [0.717, 1.165) is 50.1 Å². The molecule has 10 heteroatoms. The summed E-state index contributed by atoms with van der Waals surface area (Å²) in [6, 6.07) is 0. The van der Waals surface area contributed by atoms with Gasteiger partial charge in [-0.2, -0.15) is 0 Å². The number of aryl methyl sites for hydroxylation is 1. The first kappa shape index (κ1) is 24.1. The first-order valence-corrected chi connectivity index (χ1v) is 9.79. The molecule has 27 heavy (non-hydrogen) atoms. The second kappa shape index (κ2) is 13.2. The number of piperazine rings is 1. The van der Waals surface area contributed by atoms with E-state index in [0.29, 0.717) is 19.7 Å². The van der Waals surface area contributed by atoms with Crippen molar-refractivity contribution in [1.29, 1.82) is 0 Å². The number of carbonyl (C=O) groups excluding carboxylic acids is 1. The second-order valence-corrected chi connectivity index (χ2v) is 7.51. The van der Waals surface area contributed by atoms with Gasteiger partial charge in [-0.25, -0.2) is 4.98 Å². The highest BCUT2D eigenvalue weighted by Gasteiger charge is 2.20. The Bertz CT molecular complexity index is 590. The van der Waals surface area contributed by atoms with E-state index in [9.17, 15) is 4.79 Å². The lowest BCUT2D eigenvalue weighted by atomic mass is 10.3. The number of amides is 1. The standard InChI is InChI=1S/C17H30N6O2S.HI/c1-14-12-21-16(26-14)4-5-20-17(18-2)23-9-7-22(8-10-23)13-15(24)19-6-11-25-3;/h12H,4-11,13H2,1-3H3,(H,18,20)(H,19,24);1H. The molecule has 0 spiro atoms. The molecule has 0 unspecified atom stereocenters. The Kier molecular flexibility index (Phi) is 11.8. The molecule has 0 aliphatic carbocycles. The molecule has 2 N–H and O–H groups in total. The van der Waals surface area contributed by atoms with Crippen LogP contribution in [0.3, 0.4) is 0 Å². The highest BCUT2D eigenvalue weighted by atomic mass is 127. The lowest BCUT2D eigenvalue weighted by Gasteiger charge is -2.36. The van der Waals surface area contributed by atoms with Crippen molar-refractivity contribution in [3.05, 3.63) is 16.1 Å². The van der Waals surface area contributed by atoms with Crippen molar-refractivity contribution in [2.24, 2.45) is 4.99 Å². The van der Waals surface area contributed by atoms with Crippen molar-refractivity contribution >= 4 is 47.2 Å². The van der Waals surface area contributed by atoms with Crippen LogP contribution in [-0.4, -0.2) is 93.2 Å². The van der Waals surface area contributed by atoms with Gasteiger partial charge in [-0.15, -0.1) is 35.3 Å². The number of guanidine groups is 1. The molecule has 0 aromatic carbocycles. The van der Waals surface area contributed by atoms with Gasteiger partial charge in [-0.1, -0.05) is 0 Å². The lowest BCUT2D eigenvalue weighted by molar-refractivity contribution is -0.122.